The molecule has 0 saturated carbocycles. The van der Waals surface area contributed by atoms with E-state index in [1.54, 1.807) is 60.6 Å². The Balaban J connectivity index is 1.43. The number of hydrogen-bond donors (Lipinski definition) is 3. The lowest BCUT2D eigenvalue weighted by Gasteiger charge is -2.38. The number of carbonyl (C=O) groups is 1. The largest absolute Gasteiger partial charge is 0.389 e. The van der Waals surface area contributed by atoms with Crippen LogP contribution in [0, 0.1) is 0 Å². The molecule has 1 aliphatic heterocycles. The van der Waals surface area contributed by atoms with Gasteiger partial charge in [0.25, 0.3) is 5.91 Å². The molecule has 0 aliphatic carbocycles. The fraction of sp³-hybridized carbons (Fsp3) is 0.348. The Morgan fingerprint density at radius 1 is 1.14 bits per heavy atom. The second kappa shape index (κ2) is 10.1. The van der Waals surface area contributed by atoms with E-state index in [1.165, 1.54) is 0 Å². The fourth-order valence-electron chi connectivity index (χ4n) is 4.09. The number of aromatic nitrogens is 2. The number of carbonyl (C=O) groups excluding carboxylic acids is 1. The number of nitrogens with one attached hydrogen (secondary N) is 1. The highest BCUT2D eigenvalue weighted by atomic mass is 127. The van der Waals surface area contributed by atoms with Gasteiger partial charge >= 0.3 is 0 Å². The molecule has 35 heavy (non-hydrogen) atoms. The topological polar surface area (TPSA) is 130 Å². The van der Waals surface area contributed by atoms with E-state index in [1.807, 2.05) is 27.3 Å². The molecule has 1 amide bonds. The maximum atomic E-state index is 13.5. The van der Waals surface area contributed by atoms with Crippen LogP contribution in [0.3, 0.4) is 0 Å². The number of amides is 1. The molecule has 2 aromatic carbocycles. The lowest BCUT2D eigenvalue weighted by Crippen LogP contribution is -2.50. The van der Waals surface area contributed by atoms with E-state index in [0.29, 0.717) is 27.2 Å². The van der Waals surface area contributed by atoms with Crippen LogP contribution in [0.15, 0.2) is 59.8 Å². The number of rotatable bonds is 7. The zero-order chi connectivity index (χ0) is 25.3. The molecule has 0 atom stereocenters. The second-order valence-corrected chi connectivity index (χ2v) is 16.8. The van der Waals surface area contributed by atoms with E-state index in [4.69, 9.17) is 0 Å². The van der Waals surface area contributed by atoms with Gasteiger partial charge in [-0.3, -0.25) is 19.0 Å². The highest BCUT2D eigenvalue weighted by Crippen LogP contribution is 2.32. The SMILES string of the molecule is CCS(=O)(=O)CC1(O)CCN(C(=O)c2ccc(N[SH](=O)(I)c3cccc4nccnc34)cc2)CC1. The van der Waals surface area contributed by atoms with Crippen molar-refractivity contribution in [3.63, 3.8) is 0 Å². The van der Waals surface area contributed by atoms with Crippen LogP contribution in [0.25, 0.3) is 11.0 Å². The summed E-state index contributed by atoms with van der Waals surface area (Å²) in [7, 11) is -6.38. The third-order valence-electron chi connectivity index (χ3n) is 6.10. The lowest BCUT2D eigenvalue weighted by molar-refractivity contribution is 0.000533. The highest BCUT2D eigenvalue weighted by Gasteiger charge is 2.37. The van der Waals surface area contributed by atoms with Gasteiger partial charge in [0.15, 0.2) is 9.84 Å². The number of likely N-dealkylation sites (tertiary alicyclic amines) is 1. The highest BCUT2D eigenvalue weighted by molar-refractivity contribution is 14.2. The molecule has 0 spiro atoms. The number of benzene rings is 2. The van der Waals surface area contributed by atoms with Crippen molar-refractivity contribution >= 4 is 61.0 Å². The fourth-order valence-corrected chi connectivity index (χ4v) is 8.73. The first kappa shape index (κ1) is 25.9. The summed E-state index contributed by atoms with van der Waals surface area (Å²) in [4.78, 5) is 23.7. The zero-order valence-electron chi connectivity index (χ0n) is 19.1. The average Bonchev–Trinajstić information content (AvgIpc) is 2.83. The van der Waals surface area contributed by atoms with Crippen LogP contribution in [0.1, 0.15) is 30.1 Å². The standard InChI is InChI=1S/C23H27IN4O5S2/c1-2-34(31,32)16-23(30)10-14-28(15-11-23)22(29)17-6-8-18(9-7-17)27-35(24,33)20-5-3-4-19-21(20)26-13-12-25-19/h3-9,12-13,30,35H,2,10-11,14-16H2,1H3,(H,27,33). The number of anilines is 1. The van der Waals surface area contributed by atoms with E-state index < -0.39 is 22.7 Å². The number of aliphatic hydroxyl groups is 1. The summed E-state index contributed by atoms with van der Waals surface area (Å²) < 4.78 is 40.4. The smallest absolute Gasteiger partial charge is 0.253 e. The van der Waals surface area contributed by atoms with Crippen molar-refractivity contribution in [2.24, 2.45) is 0 Å². The van der Waals surface area contributed by atoms with E-state index in [0.717, 1.165) is 0 Å². The number of para-hydroxylation sites is 1. The minimum Gasteiger partial charge on any atom is -0.389 e. The average molecular weight is 631 g/mol. The van der Waals surface area contributed by atoms with Crippen molar-refractivity contribution in [1.82, 2.24) is 14.9 Å². The van der Waals surface area contributed by atoms with Gasteiger partial charge in [-0.15, -0.1) is 0 Å². The summed E-state index contributed by atoms with van der Waals surface area (Å²) in [5, 5.41) is 10.7. The first-order valence-electron chi connectivity index (χ1n) is 11.1. The van der Waals surface area contributed by atoms with Crippen LogP contribution >= 0.6 is 21.2 Å². The Labute approximate surface area is 217 Å². The third kappa shape index (κ3) is 5.98. The molecule has 9 nitrogen and oxygen atoms in total. The number of piperidine rings is 1. The van der Waals surface area contributed by atoms with Crippen molar-refractivity contribution in [2.45, 2.75) is 30.3 Å². The molecule has 2 heterocycles. The molecule has 3 aromatic rings. The lowest BCUT2D eigenvalue weighted by atomic mass is 9.93. The zero-order valence-corrected chi connectivity index (χ0v) is 23.0. The molecular formula is C23H27IN4O5S2. The van der Waals surface area contributed by atoms with Crippen LogP contribution in [-0.2, 0) is 17.1 Å². The summed E-state index contributed by atoms with van der Waals surface area (Å²) in [6, 6.07) is 12.1. The molecule has 0 unspecified atom stereocenters. The monoisotopic (exact) mass is 630 g/mol. The summed E-state index contributed by atoms with van der Waals surface area (Å²) in [5.41, 5.74) is 0.987. The number of halogens is 1. The number of sulfone groups is 1. The molecule has 12 heteroatoms. The number of thiol groups is 1. The van der Waals surface area contributed by atoms with Gasteiger partial charge in [-0.25, -0.2) is 8.42 Å². The van der Waals surface area contributed by atoms with Crippen LogP contribution in [-0.4, -0.2) is 68.7 Å². The number of fused-ring (bicyclic) bond motifs is 1. The minimum absolute atomic E-state index is 0.0175. The molecule has 1 saturated heterocycles. The first-order valence-corrected chi connectivity index (χ1v) is 17.4. The van der Waals surface area contributed by atoms with Gasteiger partial charge in [-0.05, 0) is 49.2 Å². The molecule has 2 N–H and O–H groups in total. The van der Waals surface area contributed by atoms with Crippen LogP contribution < -0.4 is 4.72 Å². The van der Waals surface area contributed by atoms with Crippen molar-refractivity contribution in [3.8, 4) is 0 Å². The summed E-state index contributed by atoms with van der Waals surface area (Å²) >= 11 is 1.90. The minimum atomic E-state index is -3.31. The molecule has 0 bridgehead atoms. The molecule has 4 rings (SSSR count). The van der Waals surface area contributed by atoms with Gasteiger partial charge in [-0.1, -0.05) is 13.0 Å². The Morgan fingerprint density at radius 2 is 1.80 bits per heavy atom. The van der Waals surface area contributed by atoms with Gasteiger partial charge in [-0.2, -0.15) is 0 Å². The van der Waals surface area contributed by atoms with Gasteiger partial charge in [0.1, 0.15) is 5.52 Å². The predicted octanol–water partition coefficient (Wildman–Crippen LogP) is 2.78. The van der Waals surface area contributed by atoms with E-state index >= 15 is 0 Å². The summed E-state index contributed by atoms with van der Waals surface area (Å²) in [6.07, 6.45) is 3.57. The number of hydrogen-bond acceptors (Lipinski definition) is 7. The molecule has 0 radical (unpaired) electrons. The van der Waals surface area contributed by atoms with Crippen molar-refractivity contribution in [3.05, 3.63) is 60.4 Å². The van der Waals surface area contributed by atoms with Crippen molar-refractivity contribution < 1.29 is 22.5 Å². The summed E-state index contributed by atoms with van der Waals surface area (Å²) in [5.74, 6) is -0.493. The van der Waals surface area contributed by atoms with Gasteiger partial charge in [0, 0.05) is 71.0 Å². The third-order valence-corrected chi connectivity index (χ3v) is 11.8. The van der Waals surface area contributed by atoms with Gasteiger partial charge in [0.2, 0.25) is 0 Å². The maximum Gasteiger partial charge on any atom is 0.253 e. The molecule has 1 aromatic heterocycles. The van der Waals surface area contributed by atoms with Crippen LogP contribution in [0.5, 0.6) is 0 Å². The van der Waals surface area contributed by atoms with E-state index in [2.05, 4.69) is 14.7 Å². The number of nitrogens with zero attached hydrogens (tertiary/aromatic N) is 3. The Kier molecular flexibility index (Phi) is 7.46. The van der Waals surface area contributed by atoms with Crippen molar-refractivity contribution in [2.75, 3.05) is 29.3 Å². The Morgan fingerprint density at radius 3 is 2.46 bits per heavy atom. The Hall–Kier alpha value is -2.16. The summed E-state index contributed by atoms with van der Waals surface area (Å²) in [6.45, 7) is 2.11. The first-order chi connectivity index (χ1) is 16.5. The molecule has 188 valence electrons. The Bertz CT molecular complexity index is 1390. The van der Waals surface area contributed by atoms with E-state index in [9.17, 15) is 22.5 Å². The maximum absolute atomic E-state index is 13.5. The predicted molar refractivity (Wildman–Crippen MR) is 146 cm³/mol. The van der Waals surface area contributed by atoms with E-state index in [-0.39, 0.29) is 43.3 Å². The van der Waals surface area contributed by atoms with Crippen molar-refractivity contribution in [1.29, 1.82) is 0 Å². The van der Waals surface area contributed by atoms with Crippen LogP contribution in [0.4, 0.5) is 5.69 Å². The van der Waals surface area contributed by atoms with Gasteiger partial charge < -0.3 is 14.7 Å². The molecule has 1 fully saturated rings. The quantitative estimate of drug-likeness (QED) is 0.208. The normalized spacial score (nSPS) is 16.7. The second-order valence-electron chi connectivity index (χ2n) is 8.62. The molecule has 1 aliphatic rings. The van der Waals surface area contributed by atoms with Gasteiger partial charge in [0.05, 0.1) is 21.8 Å². The van der Waals surface area contributed by atoms with Crippen LogP contribution in [0.2, 0.25) is 0 Å². The molecular weight excluding hydrogens is 603 g/mol.